The van der Waals surface area contributed by atoms with Crippen molar-refractivity contribution >= 4 is 17.3 Å². The molecule has 2 fully saturated rings. The van der Waals surface area contributed by atoms with Crippen molar-refractivity contribution in [1.82, 2.24) is 4.90 Å². The highest BCUT2D eigenvalue weighted by molar-refractivity contribution is 7.12. The predicted octanol–water partition coefficient (Wildman–Crippen LogP) is 3.06. The van der Waals surface area contributed by atoms with Gasteiger partial charge >= 0.3 is 5.97 Å². The monoisotopic (exact) mass is 412 g/mol. The quantitative estimate of drug-likeness (QED) is 0.760. The average Bonchev–Trinajstić information content (AvgIpc) is 3.34. The number of carbonyl (C=O) groups excluding carboxylic acids is 1. The van der Waals surface area contributed by atoms with Crippen LogP contribution in [-0.4, -0.2) is 48.4 Å². The molecule has 1 aliphatic carbocycles. The van der Waals surface area contributed by atoms with Crippen LogP contribution in [0.5, 0.6) is 5.75 Å². The van der Waals surface area contributed by atoms with Gasteiger partial charge in [0.2, 0.25) is 0 Å². The number of nitriles is 1. The lowest BCUT2D eigenvalue weighted by atomic mass is 9.78. The number of fused-ring (bicyclic) bond motifs is 1. The molecule has 7 heteroatoms. The first-order valence-electron chi connectivity index (χ1n) is 9.80. The van der Waals surface area contributed by atoms with Crippen molar-refractivity contribution in [3.63, 3.8) is 0 Å². The maximum atomic E-state index is 11.5. The van der Waals surface area contributed by atoms with Crippen LogP contribution in [0.25, 0.3) is 0 Å². The summed E-state index contributed by atoms with van der Waals surface area (Å²) in [6, 6.07) is 12.9. The Balaban J connectivity index is 1.35. The minimum absolute atomic E-state index is 0.243. The number of hydrogen-bond acceptors (Lipinski definition) is 7. The summed E-state index contributed by atoms with van der Waals surface area (Å²) in [6.07, 6.45) is 0.810. The number of carbonyl (C=O) groups is 1. The lowest BCUT2D eigenvalue weighted by Gasteiger charge is -2.35. The molecule has 0 unspecified atom stereocenters. The Bertz CT molecular complexity index is 904. The third-order valence-corrected chi connectivity index (χ3v) is 6.85. The smallest absolute Gasteiger partial charge is 0.337 e. The van der Waals surface area contributed by atoms with E-state index in [1.54, 1.807) is 35.6 Å². The summed E-state index contributed by atoms with van der Waals surface area (Å²) in [6.45, 7) is 2.82. The second kappa shape index (κ2) is 8.54. The standard InChI is InChI=1S/C22H24N2O4S/c1-27-22(26)14-2-4-17(5-3-14)28-21-9-16-12-24(11-15(16)8-20(21)25)13-19-7-6-18(10-23)29-19/h2-7,15-16,20-21,25H,8-9,11-13H2,1H3/t15-,16+,20+,21+/m0/s1. The second-order valence-electron chi connectivity index (χ2n) is 7.80. The van der Waals surface area contributed by atoms with Crippen molar-refractivity contribution in [3.8, 4) is 11.8 Å². The molecule has 1 N–H and O–H groups in total. The van der Waals surface area contributed by atoms with E-state index >= 15 is 0 Å². The summed E-state index contributed by atoms with van der Waals surface area (Å²) < 4.78 is 10.8. The number of esters is 1. The van der Waals surface area contributed by atoms with Crippen LogP contribution in [0.1, 0.15) is 33.0 Å². The summed E-state index contributed by atoms with van der Waals surface area (Å²) in [5.74, 6) is 1.24. The van der Waals surface area contributed by atoms with E-state index in [4.69, 9.17) is 14.7 Å². The molecule has 1 aromatic carbocycles. The van der Waals surface area contributed by atoms with Crippen LogP contribution in [0.4, 0.5) is 0 Å². The van der Waals surface area contributed by atoms with Gasteiger partial charge < -0.3 is 14.6 Å². The van der Waals surface area contributed by atoms with E-state index in [0.29, 0.717) is 23.1 Å². The van der Waals surface area contributed by atoms with E-state index in [-0.39, 0.29) is 12.1 Å². The van der Waals surface area contributed by atoms with E-state index in [2.05, 4.69) is 11.0 Å². The van der Waals surface area contributed by atoms with Crippen LogP contribution in [0.15, 0.2) is 36.4 Å². The zero-order valence-corrected chi connectivity index (χ0v) is 17.1. The summed E-state index contributed by atoms with van der Waals surface area (Å²) >= 11 is 1.55. The summed E-state index contributed by atoms with van der Waals surface area (Å²) in [4.78, 5) is 15.9. The number of rotatable bonds is 5. The molecule has 1 saturated carbocycles. The maximum Gasteiger partial charge on any atom is 0.337 e. The van der Waals surface area contributed by atoms with Crippen LogP contribution in [-0.2, 0) is 11.3 Å². The molecule has 6 nitrogen and oxygen atoms in total. The summed E-state index contributed by atoms with van der Waals surface area (Å²) in [7, 11) is 1.35. The molecule has 4 rings (SSSR count). The molecule has 152 valence electrons. The highest BCUT2D eigenvalue weighted by Gasteiger charge is 2.42. The molecular formula is C22H24N2O4S. The molecule has 0 spiro atoms. The number of benzene rings is 1. The third kappa shape index (κ3) is 4.45. The van der Waals surface area contributed by atoms with Gasteiger partial charge in [-0.1, -0.05) is 0 Å². The molecule has 0 amide bonds. The largest absolute Gasteiger partial charge is 0.488 e. The third-order valence-electron chi connectivity index (χ3n) is 5.87. The van der Waals surface area contributed by atoms with Crippen LogP contribution in [0.3, 0.4) is 0 Å². The van der Waals surface area contributed by atoms with E-state index in [1.807, 2.05) is 12.1 Å². The molecule has 0 bridgehead atoms. The number of methoxy groups -OCH3 is 1. The van der Waals surface area contributed by atoms with Gasteiger partial charge in [-0.15, -0.1) is 11.3 Å². The van der Waals surface area contributed by atoms with Crippen LogP contribution >= 0.6 is 11.3 Å². The van der Waals surface area contributed by atoms with E-state index in [1.165, 1.54) is 12.0 Å². The Kier molecular flexibility index (Phi) is 5.86. The number of likely N-dealkylation sites (tertiary alicyclic amines) is 1. The topological polar surface area (TPSA) is 82.8 Å². The van der Waals surface area contributed by atoms with E-state index in [9.17, 15) is 9.90 Å². The van der Waals surface area contributed by atoms with E-state index in [0.717, 1.165) is 37.4 Å². The van der Waals surface area contributed by atoms with Gasteiger partial charge in [0.15, 0.2) is 0 Å². The number of thiophene rings is 1. The van der Waals surface area contributed by atoms with Gasteiger partial charge in [-0.05, 0) is 61.1 Å². The molecule has 1 aromatic heterocycles. The lowest BCUT2D eigenvalue weighted by molar-refractivity contribution is -0.0231. The van der Waals surface area contributed by atoms with Crippen molar-refractivity contribution in [2.75, 3.05) is 20.2 Å². The molecule has 29 heavy (non-hydrogen) atoms. The highest BCUT2D eigenvalue weighted by atomic mass is 32.1. The normalized spacial score (nSPS) is 26.5. The Morgan fingerprint density at radius 1 is 1.21 bits per heavy atom. The maximum absolute atomic E-state index is 11.5. The van der Waals surface area contributed by atoms with E-state index < -0.39 is 6.10 Å². The molecule has 4 atom stereocenters. The van der Waals surface area contributed by atoms with Gasteiger partial charge in [-0.2, -0.15) is 5.26 Å². The van der Waals surface area contributed by atoms with Crippen molar-refractivity contribution in [3.05, 3.63) is 51.7 Å². The van der Waals surface area contributed by atoms with Gasteiger partial charge in [0.1, 0.15) is 22.8 Å². The van der Waals surface area contributed by atoms with Crippen molar-refractivity contribution in [2.45, 2.75) is 31.6 Å². The average molecular weight is 413 g/mol. The zero-order valence-electron chi connectivity index (χ0n) is 16.3. The van der Waals surface area contributed by atoms with Crippen LogP contribution in [0, 0.1) is 23.2 Å². The lowest BCUT2D eigenvalue weighted by Crippen LogP contribution is -2.42. The first-order valence-corrected chi connectivity index (χ1v) is 10.6. The van der Waals surface area contributed by atoms with Crippen molar-refractivity contribution in [2.24, 2.45) is 11.8 Å². The van der Waals surface area contributed by atoms with Crippen LogP contribution < -0.4 is 4.74 Å². The van der Waals surface area contributed by atoms with Crippen LogP contribution in [0.2, 0.25) is 0 Å². The van der Waals surface area contributed by atoms with Gasteiger partial charge in [0.05, 0.1) is 18.8 Å². The summed E-state index contributed by atoms with van der Waals surface area (Å²) in [5, 5.41) is 19.6. The number of ether oxygens (including phenoxy) is 2. The first-order chi connectivity index (χ1) is 14.1. The minimum atomic E-state index is -0.497. The number of aliphatic hydroxyl groups excluding tert-OH is 1. The fraction of sp³-hybridized carbons (Fsp3) is 0.455. The first kappa shape index (κ1) is 19.9. The van der Waals surface area contributed by atoms with Crippen molar-refractivity contribution in [1.29, 1.82) is 5.26 Å². The molecule has 0 radical (unpaired) electrons. The fourth-order valence-electron chi connectivity index (χ4n) is 4.45. The summed E-state index contributed by atoms with van der Waals surface area (Å²) in [5.41, 5.74) is 0.476. The predicted molar refractivity (Wildman–Crippen MR) is 109 cm³/mol. The van der Waals surface area contributed by atoms with Crippen molar-refractivity contribution < 1.29 is 19.4 Å². The SMILES string of the molecule is COC(=O)c1ccc(O[C@@H]2C[C@@H]3CN(Cc4ccc(C#N)s4)C[C@@H]3C[C@H]2O)cc1. The Morgan fingerprint density at radius 3 is 2.59 bits per heavy atom. The highest BCUT2D eigenvalue weighted by Crippen LogP contribution is 2.38. The molecule has 1 saturated heterocycles. The fourth-order valence-corrected chi connectivity index (χ4v) is 5.30. The molecular weight excluding hydrogens is 388 g/mol. The molecule has 2 aromatic rings. The molecule has 1 aliphatic heterocycles. The number of aliphatic hydroxyl groups is 1. The second-order valence-corrected chi connectivity index (χ2v) is 8.97. The minimum Gasteiger partial charge on any atom is -0.488 e. The Labute approximate surface area is 174 Å². The zero-order chi connectivity index (χ0) is 20.4. The molecule has 2 heterocycles. The van der Waals surface area contributed by atoms with Gasteiger partial charge in [0, 0.05) is 24.5 Å². The number of hydrogen-bond donors (Lipinski definition) is 1. The molecule has 2 aliphatic rings. The van der Waals surface area contributed by atoms with Gasteiger partial charge in [0.25, 0.3) is 0 Å². The number of nitrogens with zero attached hydrogens (tertiary/aromatic N) is 2. The van der Waals surface area contributed by atoms with Gasteiger partial charge in [-0.3, -0.25) is 4.90 Å². The Morgan fingerprint density at radius 2 is 1.93 bits per heavy atom. The Hall–Kier alpha value is -2.40. The van der Waals surface area contributed by atoms with Gasteiger partial charge in [-0.25, -0.2) is 4.79 Å².